The Bertz CT molecular complexity index is 1480. The van der Waals surface area contributed by atoms with Crippen LogP contribution >= 0.6 is 11.6 Å². The molecule has 36 heavy (non-hydrogen) atoms. The van der Waals surface area contributed by atoms with E-state index in [0.717, 1.165) is 13.1 Å². The summed E-state index contributed by atoms with van der Waals surface area (Å²) in [7, 11) is 0. The van der Waals surface area contributed by atoms with E-state index in [2.05, 4.69) is 32.1 Å². The average molecular weight is 508 g/mol. The number of hydrogen-bond donors (Lipinski definition) is 1. The molecule has 8 nitrogen and oxygen atoms in total. The van der Waals surface area contributed by atoms with Gasteiger partial charge in [0.15, 0.2) is 5.65 Å². The van der Waals surface area contributed by atoms with E-state index in [-0.39, 0.29) is 22.3 Å². The molecular weight excluding hydrogens is 481 g/mol. The predicted octanol–water partition coefficient (Wildman–Crippen LogP) is 3.95. The molecule has 1 fully saturated rings. The van der Waals surface area contributed by atoms with E-state index < -0.39 is 11.5 Å². The molecular formula is C26H27ClFN7O. The molecule has 1 N–H and O–H groups in total. The molecule has 10 heteroatoms. The zero-order chi connectivity index (χ0) is 25.4. The third-order valence-electron chi connectivity index (χ3n) is 6.57. The highest BCUT2D eigenvalue weighted by atomic mass is 35.5. The second-order valence-electron chi connectivity index (χ2n) is 8.79. The largest absolute Gasteiger partial charge is 0.355 e. The van der Waals surface area contributed by atoms with Gasteiger partial charge in [0.2, 0.25) is 0 Å². The fraction of sp³-hybridized carbons (Fsp3) is 0.346. The SMILES string of the molecule is CCc1ncnc(CC)c1-n1c(=O)nc(N2CCNC[C@@H]2C)c2cc(Cl)c(-c3ccccc3F)nc21. The Kier molecular flexibility index (Phi) is 6.68. The van der Waals surface area contributed by atoms with Crippen molar-refractivity contribution < 1.29 is 4.39 Å². The van der Waals surface area contributed by atoms with Gasteiger partial charge >= 0.3 is 5.69 Å². The second-order valence-corrected chi connectivity index (χ2v) is 9.20. The van der Waals surface area contributed by atoms with Crippen molar-refractivity contribution >= 4 is 28.5 Å². The molecule has 1 aromatic carbocycles. The Morgan fingerprint density at radius 2 is 1.86 bits per heavy atom. The molecule has 0 radical (unpaired) electrons. The molecule has 0 amide bonds. The Balaban J connectivity index is 1.90. The molecule has 1 aliphatic heterocycles. The van der Waals surface area contributed by atoms with E-state index in [1.807, 2.05) is 13.8 Å². The van der Waals surface area contributed by atoms with Gasteiger partial charge in [-0.15, -0.1) is 0 Å². The van der Waals surface area contributed by atoms with Crippen LogP contribution in [0.15, 0.2) is 41.5 Å². The molecule has 4 aromatic rings. The number of benzene rings is 1. The van der Waals surface area contributed by atoms with Crippen LogP contribution in [0.5, 0.6) is 0 Å². The number of hydrogen-bond acceptors (Lipinski definition) is 7. The summed E-state index contributed by atoms with van der Waals surface area (Å²) in [5.41, 5.74) is 2.36. The number of pyridine rings is 1. The molecule has 1 aliphatic rings. The lowest BCUT2D eigenvalue weighted by atomic mass is 10.1. The first-order chi connectivity index (χ1) is 17.4. The van der Waals surface area contributed by atoms with Gasteiger partial charge in [0.25, 0.3) is 0 Å². The smallest absolute Gasteiger partial charge is 0.351 e. The molecule has 0 unspecified atom stereocenters. The molecule has 0 bridgehead atoms. The number of rotatable bonds is 5. The Hall–Kier alpha value is -3.43. The van der Waals surface area contributed by atoms with Crippen molar-refractivity contribution in [2.24, 2.45) is 0 Å². The van der Waals surface area contributed by atoms with Gasteiger partial charge in [0.1, 0.15) is 18.0 Å². The summed E-state index contributed by atoms with van der Waals surface area (Å²) in [5, 5.41) is 4.25. The summed E-state index contributed by atoms with van der Waals surface area (Å²) in [6.07, 6.45) is 2.68. The average Bonchev–Trinajstić information content (AvgIpc) is 2.89. The summed E-state index contributed by atoms with van der Waals surface area (Å²) in [6, 6.07) is 8.16. The topological polar surface area (TPSA) is 88.8 Å². The van der Waals surface area contributed by atoms with Crippen LogP contribution in [-0.2, 0) is 12.8 Å². The maximum Gasteiger partial charge on any atom is 0.355 e. The van der Waals surface area contributed by atoms with Gasteiger partial charge in [-0.3, -0.25) is 0 Å². The van der Waals surface area contributed by atoms with E-state index in [9.17, 15) is 9.18 Å². The Morgan fingerprint density at radius 1 is 1.14 bits per heavy atom. The standard InChI is InChI=1S/C26H27ClFN7O/c1-4-20-23(21(5-2)31-14-30-20)35-25-17(24(33-26(35)36)34-11-10-29-13-15(34)3)12-18(27)22(32-25)16-8-6-7-9-19(16)28/h6-9,12,14-15,29H,4-5,10-11,13H2,1-3H3/t15-/m0/s1. The zero-order valence-corrected chi connectivity index (χ0v) is 21.2. The fourth-order valence-electron chi connectivity index (χ4n) is 4.76. The molecule has 4 heterocycles. The quantitative estimate of drug-likeness (QED) is 0.437. The first-order valence-corrected chi connectivity index (χ1v) is 12.5. The van der Waals surface area contributed by atoms with Crippen molar-refractivity contribution in [2.75, 3.05) is 24.5 Å². The highest BCUT2D eigenvalue weighted by Crippen LogP contribution is 2.35. The summed E-state index contributed by atoms with van der Waals surface area (Å²) < 4.78 is 16.3. The van der Waals surface area contributed by atoms with Crippen LogP contribution in [0.3, 0.4) is 0 Å². The van der Waals surface area contributed by atoms with E-state index in [4.69, 9.17) is 16.6 Å². The third kappa shape index (κ3) is 4.12. The van der Waals surface area contributed by atoms with Crippen LogP contribution in [0, 0.1) is 5.82 Å². The van der Waals surface area contributed by atoms with Crippen LogP contribution in [0.2, 0.25) is 5.02 Å². The van der Waals surface area contributed by atoms with E-state index in [1.165, 1.54) is 17.0 Å². The second kappa shape index (κ2) is 9.91. The Labute approximate surface area is 213 Å². The van der Waals surface area contributed by atoms with Crippen LogP contribution in [-0.4, -0.2) is 50.2 Å². The van der Waals surface area contributed by atoms with Gasteiger partial charge in [0, 0.05) is 31.2 Å². The minimum absolute atomic E-state index is 0.104. The molecule has 1 saturated heterocycles. The lowest BCUT2D eigenvalue weighted by Crippen LogP contribution is -2.50. The molecule has 0 saturated carbocycles. The predicted molar refractivity (Wildman–Crippen MR) is 140 cm³/mol. The van der Waals surface area contributed by atoms with Gasteiger partial charge in [-0.25, -0.2) is 28.7 Å². The van der Waals surface area contributed by atoms with E-state index in [0.29, 0.717) is 53.3 Å². The summed E-state index contributed by atoms with van der Waals surface area (Å²) in [5.74, 6) is 0.0689. The first kappa shape index (κ1) is 24.3. The number of aromatic nitrogens is 5. The molecule has 5 rings (SSSR count). The summed E-state index contributed by atoms with van der Waals surface area (Å²) in [4.78, 5) is 34.1. The van der Waals surface area contributed by atoms with Gasteiger partial charge in [-0.2, -0.15) is 4.98 Å². The summed E-state index contributed by atoms with van der Waals surface area (Å²) in [6.45, 7) is 8.21. The van der Waals surface area contributed by atoms with Gasteiger partial charge in [-0.1, -0.05) is 37.6 Å². The van der Waals surface area contributed by atoms with Crippen molar-refractivity contribution in [2.45, 2.75) is 39.7 Å². The van der Waals surface area contributed by atoms with Crippen LogP contribution in [0.25, 0.3) is 28.0 Å². The van der Waals surface area contributed by atoms with Crippen LogP contribution in [0.4, 0.5) is 10.2 Å². The number of halogens is 2. The first-order valence-electron chi connectivity index (χ1n) is 12.1. The number of anilines is 1. The minimum atomic E-state index is -0.489. The number of aryl methyl sites for hydroxylation is 2. The van der Waals surface area contributed by atoms with E-state index >= 15 is 0 Å². The van der Waals surface area contributed by atoms with Gasteiger partial charge in [0.05, 0.1) is 33.2 Å². The minimum Gasteiger partial charge on any atom is -0.351 e. The van der Waals surface area contributed by atoms with Crippen LogP contribution < -0.4 is 15.9 Å². The fourth-order valence-corrected chi connectivity index (χ4v) is 5.01. The molecule has 0 aliphatic carbocycles. The molecule has 3 aromatic heterocycles. The van der Waals surface area contributed by atoms with Crippen molar-refractivity contribution in [3.8, 4) is 16.9 Å². The van der Waals surface area contributed by atoms with Crippen molar-refractivity contribution in [3.05, 3.63) is 69.4 Å². The molecule has 1 atom stereocenters. The number of piperazine rings is 1. The molecule has 0 spiro atoms. The monoisotopic (exact) mass is 507 g/mol. The normalized spacial score (nSPS) is 16.0. The van der Waals surface area contributed by atoms with Crippen molar-refractivity contribution in [1.82, 2.24) is 29.8 Å². The third-order valence-corrected chi connectivity index (χ3v) is 6.86. The zero-order valence-electron chi connectivity index (χ0n) is 20.4. The van der Waals surface area contributed by atoms with Crippen molar-refractivity contribution in [3.63, 3.8) is 0 Å². The maximum atomic E-state index is 14.8. The van der Waals surface area contributed by atoms with Gasteiger partial charge in [-0.05, 0) is 38.0 Å². The highest BCUT2D eigenvalue weighted by Gasteiger charge is 2.27. The number of nitrogens with zero attached hydrogens (tertiary/aromatic N) is 6. The number of fused-ring (bicyclic) bond motifs is 1. The lowest BCUT2D eigenvalue weighted by Gasteiger charge is -2.35. The van der Waals surface area contributed by atoms with Crippen LogP contribution in [0.1, 0.15) is 32.2 Å². The summed E-state index contributed by atoms with van der Waals surface area (Å²) >= 11 is 6.71. The molecule has 186 valence electrons. The van der Waals surface area contributed by atoms with Crippen molar-refractivity contribution in [1.29, 1.82) is 0 Å². The maximum absolute atomic E-state index is 14.8. The van der Waals surface area contributed by atoms with Gasteiger partial charge < -0.3 is 10.2 Å². The lowest BCUT2D eigenvalue weighted by molar-refractivity contribution is 0.497. The van der Waals surface area contributed by atoms with E-state index in [1.54, 1.807) is 24.3 Å². The number of nitrogens with one attached hydrogen (secondary N) is 1. The Morgan fingerprint density at radius 3 is 2.53 bits per heavy atom. The highest BCUT2D eigenvalue weighted by molar-refractivity contribution is 6.33.